The molecule has 0 aromatic carbocycles. The van der Waals surface area contributed by atoms with E-state index in [9.17, 15) is 4.79 Å². The molecule has 1 heterocycles. The number of carbonyl (C=O) groups excluding carboxylic acids is 1. The second-order valence-corrected chi connectivity index (χ2v) is 4.23. The normalized spacial score (nSPS) is 38.2. The van der Waals surface area contributed by atoms with E-state index in [-0.39, 0.29) is 11.9 Å². The molecule has 3 nitrogen and oxygen atoms in total. The Labute approximate surface area is 79.5 Å². The highest BCUT2D eigenvalue weighted by molar-refractivity contribution is 5.82. The number of rotatable bonds is 2. The maximum Gasteiger partial charge on any atom is 0.237 e. The van der Waals surface area contributed by atoms with E-state index in [1.165, 1.54) is 19.3 Å². The monoisotopic (exact) mass is 182 g/mol. The summed E-state index contributed by atoms with van der Waals surface area (Å²) in [6.07, 6.45) is 3.77. The van der Waals surface area contributed by atoms with E-state index in [2.05, 4.69) is 17.3 Å². The summed E-state index contributed by atoms with van der Waals surface area (Å²) >= 11 is 0. The number of hydrogen-bond acceptors (Lipinski definition) is 2. The van der Waals surface area contributed by atoms with Crippen molar-refractivity contribution in [1.29, 1.82) is 0 Å². The molecule has 1 amide bonds. The summed E-state index contributed by atoms with van der Waals surface area (Å²) in [7, 11) is 2.09. The maximum atomic E-state index is 11.7. The molecule has 2 bridgehead atoms. The van der Waals surface area contributed by atoms with E-state index in [1.54, 1.807) is 0 Å². The first-order valence-corrected chi connectivity index (χ1v) is 5.23. The number of nitrogens with one attached hydrogen (secondary N) is 1. The van der Waals surface area contributed by atoms with Gasteiger partial charge in [-0.25, -0.2) is 0 Å². The Hall–Kier alpha value is -0.570. The summed E-state index contributed by atoms with van der Waals surface area (Å²) in [5.74, 6) is 0.860. The quantitative estimate of drug-likeness (QED) is 0.678. The first-order valence-electron chi connectivity index (χ1n) is 5.23. The molecule has 1 N–H and O–H groups in total. The third-order valence-electron chi connectivity index (χ3n) is 3.53. The summed E-state index contributed by atoms with van der Waals surface area (Å²) < 4.78 is 0. The Morgan fingerprint density at radius 2 is 2.31 bits per heavy atom. The van der Waals surface area contributed by atoms with Gasteiger partial charge >= 0.3 is 0 Å². The lowest BCUT2D eigenvalue weighted by atomic mass is 9.98. The van der Waals surface area contributed by atoms with Crippen molar-refractivity contribution in [2.45, 2.75) is 38.3 Å². The predicted molar refractivity (Wildman–Crippen MR) is 51.4 cm³/mol. The van der Waals surface area contributed by atoms with Crippen LogP contribution in [-0.4, -0.2) is 36.5 Å². The van der Waals surface area contributed by atoms with Crippen LogP contribution in [0, 0.1) is 5.92 Å². The Morgan fingerprint density at radius 3 is 2.85 bits per heavy atom. The van der Waals surface area contributed by atoms with Crippen molar-refractivity contribution in [1.82, 2.24) is 10.2 Å². The van der Waals surface area contributed by atoms with Crippen molar-refractivity contribution in [3.05, 3.63) is 0 Å². The lowest BCUT2D eigenvalue weighted by Crippen LogP contribution is -2.48. The Kier molecular flexibility index (Phi) is 2.28. The number of amides is 1. The van der Waals surface area contributed by atoms with Gasteiger partial charge in [-0.1, -0.05) is 0 Å². The number of piperidine rings is 1. The Morgan fingerprint density at radius 1 is 1.54 bits per heavy atom. The van der Waals surface area contributed by atoms with E-state index in [0.29, 0.717) is 12.0 Å². The molecule has 74 valence electrons. The van der Waals surface area contributed by atoms with Gasteiger partial charge < -0.3 is 5.32 Å². The second kappa shape index (κ2) is 3.29. The van der Waals surface area contributed by atoms with Gasteiger partial charge in [-0.05, 0) is 39.2 Å². The van der Waals surface area contributed by atoms with Crippen LogP contribution in [-0.2, 0) is 4.79 Å². The minimum absolute atomic E-state index is 0.165. The number of carbonyl (C=O) groups is 1. The zero-order valence-electron chi connectivity index (χ0n) is 8.42. The first-order chi connectivity index (χ1) is 6.24. The van der Waals surface area contributed by atoms with Crippen molar-refractivity contribution in [2.24, 2.45) is 5.92 Å². The molecule has 1 aliphatic carbocycles. The van der Waals surface area contributed by atoms with Gasteiger partial charge in [-0.2, -0.15) is 0 Å². The van der Waals surface area contributed by atoms with Crippen molar-refractivity contribution < 1.29 is 4.79 Å². The molecular weight excluding hydrogens is 164 g/mol. The molecule has 13 heavy (non-hydrogen) atoms. The van der Waals surface area contributed by atoms with Gasteiger partial charge in [0.1, 0.15) is 0 Å². The minimum Gasteiger partial charge on any atom is -0.355 e. The van der Waals surface area contributed by atoms with E-state index in [0.717, 1.165) is 6.54 Å². The molecule has 3 atom stereocenters. The maximum absolute atomic E-state index is 11.7. The first kappa shape index (κ1) is 9.00. The van der Waals surface area contributed by atoms with Gasteiger partial charge in [0.2, 0.25) is 5.91 Å². The summed E-state index contributed by atoms with van der Waals surface area (Å²) in [6.45, 7) is 2.73. The smallest absolute Gasteiger partial charge is 0.237 e. The van der Waals surface area contributed by atoms with Gasteiger partial charge in [0.25, 0.3) is 0 Å². The molecule has 3 heteroatoms. The van der Waals surface area contributed by atoms with Crippen LogP contribution in [0.2, 0.25) is 0 Å². The number of likely N-dealkylation sites (tertiary alicyclic amines) is 1. The summed E-state index contributed by atoms with van der Waals surface area (Å²) in [6, 6.07) is 0.844. The number of fused-ring (bicyclic) bond motifs is 2. The molecule has 1 saturated carbocycles. The highest BCUT2D eigenvalue weighted by Gasteiger charge is 2.46. The number of hydrogen-bond donors (Lipinski definition) is 1. The van der Waals surface area contributed by atoms with Crippen LogP contribution >= 0.6 is 0 Å². The average Bonchev–Trinajstić information content (AvgIpc) is 2.63. The lowest BCUT2D eigenvalue weighted by Gasteiger charge is -2.30. The molecule has 0 aromatic rings. The minimum atomic E-state index is 0.165. The van der Waals surface area contributed by atoms with E-state index >= 15 is 0 Å². The Bertz CT molecular complexity index is 215. The molecule has 1 aliphatic heterocycles. The van der Waals surface area contributed by atoms with E-state index < -0.39 is 0 Å². The fourth-order valence-electron chi connectivity index (χ4n) is 2.89. The van der Waals surface area contributed by atoms with Crippen LogP contribution in [0.15, 0.2) is 0 Å². The number of nitrogens with zero attached hydrogens (tertiary/aromatic N) is 1. The fraction of sp³-hybridized carbons (Fsp3) is 0.900. The molecule has 3 unspecified atom stereocenters. The zero-order chi connectivity index (χ0) is 9.42. The summed E-state index contributed by atoms with van der Waals surface area (Å²) in [5.41, 5.74) is 0. The van der Waals surface area contributed by atoms with Crippen LogP contribution in [0.25, 0.3) is 0 Å². The van der Waals surface area contributed by atoms with Crippen LogP contribution in [0.5, 0.6) is 0 Å². The third-order valence-corrected chi connectivity index (χ3v) is 3.53. The molecule has 0 radical (unpaired) electrons. The van der Waals surface area contributed by atoms with Crippen LogP contribution in [0.1, 0.15) is 26.2 Å². The highest BCUT2D eigenvalue weighted by Crippen LogP contribution is 2.41. The van der Waals surface area contributed by atoms with Gasteiger partial charge in [0.15, 0.2) is 0 Å². The molecule has 2 aliphatic rings. The lowest BCUT2D eigenvalue weighted by molar-refractivity contribution is -0.127. The SMILES string of the molecule is CCNC(=O)C1C2CCC(C2)N1C. The largest absolute Gasteiger partial charge is 0.355 e. The van der Waals surface area contributed by atoms with E-state index in [1.807, 2.05) is 6.92 Å². The topological polar surface area (TPSA) is 32.3 Å². The van der Waals surface area contributed by atoms with Crippen molar-refractivity contribution in [3.63, 3.8) is 0 Å². The third kappa shape index (κ3) is 1.35. The molecular formula is C10H18N2O. The second-order valence-electron chi connectivity index (χ2n) is 4.23. The standard InChI is InChI=1S/C10H18N2O/c1-3-11-10(13)9-7-4-5-8(6-7)12(9)2/h7-9H,3-6H2,1-2H3,(H,11,13). The molecule has 2 rings (SSSR count). The molecule has 0 spiro atoms. The highest BCUT2D eigenvalue weighted by atomic mass is 16.2. The molecule has 0 aromatic heterocycles. The van der Waals surface area contributed by atoms with E-state index in [4.69, 9.17) is 0 Å². The summed E-state index contributed by atoms with van der Waals surface area (Å²) in [5, 5.41) is 2.92. The van der Waals surface area contributed by atoms with Crippen LogP contribution in [0.4, 0.5) is 0 Å². The Balaban J connectivity index is 2.03. The van der Waals surface area contributed by atoms with Crippen molar-refractivity contribution in [3.8, 4) is 0 Å². The van der Waals surface area contributed by atoms with Crippen LogP contribution in [0.3, 0.4) is 0 Å². The van der Waals surface area contributed by atoms with Gasteiger partial charge in [0.05, 0.1) is 6.04 Å². The van der Waals surface area contributed by atoms with Gasteiger partial charge in [0, 0.05) is 12.6 Å². The predicted octanol–water partition coefficient (Wildman–Crippen LogP) is 0.605. The molecule has 2 fully saturated rings. The van der Waals surface area contributed by atoms with Crippen LogP contribution < -0.4 is 5.32 Å². The molecule has 1 saturated heterocycles. The summed E-state index contributed by atoms with van der Waals surface area (Å²) in [4.78, 5) is 14.0. The van der Waals surface area contributed by atoms with Crippen molar-refractivity contribution >= 4 is 5.91 Å². The zero-order valence-corrected chi connectivity index (χ0v) is 8.42. The van der Waals surface area contributed by atoms with Gasteiger partial charge in [-0.3, -0.25) is 9.69 Å². The average molecular weight is 182 g/mol. The number of likely N-dealkylation sites (N-methyl/N-ethyl adjacent to an activating group) is 2. The van der Waals surface area contributed by atoms with Crippen molar-refractivity contribution in [2.75, 3.05) is 13.6 Å². The van der Waals surface area contributed by atoms with Gasteiger partial charge in [-0.15, -0.1) is 0 Å². The fourth-order valence-corrected chi connectivity index (χ4v) is 2.89.